The number of methoxy groups -OCH3 is 2. The molecular formula is C56H66O7Si2. The molecule has 6 aromatic rings. The van der Waals surface area contributed by atoms with Gasteiger partial charge >= 0.3 is 11.9 Å². The summed E-state index contributed by atoms with van der Waals surface area (Å²) >= 11 is 0. The lowest BCUT2D eigenvalue weighted by molar-refractivity contribution is -0.132. The second-order valence-corrected chi connectivity index (χ2v) is 28.0. The van der Waals surface area contributed by atoms with Gasteiger partial charge in [-0.15, -0.1) is 0 Å². The number of rotatable bonds is 17. The fourth-order valence-electron chi connectivity index (χ4n) is 9.16. The Balaban J connectivity index is 0.000000216. The van der Waals surface area contributed by atoms with Gasteiger partial charge in [-0.3, -0.25) is 9.59 Å². The Labute approximate surface area is 389 Å². The molecule has 340 valence electrons. The van der Waals surface area contributed by atoms with Gasteiger partial charge in [-0.2, -0.15) is 0 Å². The minimum absolute atomic E-state index is 0.265. The van der Waals surface area contributed by atoms with Crippen molar-refractivity contribution in [2.75, 3.05) is 20.4 Å². The Kier molecular flexibility index (Phi) is 16.1. The standard InChI is InChI=1S/C30H26O3.C26H40O4Si2/c1-19-17-22(13-15-28(19)32-4)30(23-14-16-29(20(2)18-23)33-21(3)31)26-11-7-5-9-24(26)25-10-6-8-12-27(25)30;1-22(27)30-26-18-10-8-14-24(26)15-11-19-31(3,4)21-29-32(5,6)20-12-16-23-13-7-9-17-25(23)28-2/h5-18H,1-4H3;7-10,13-14,17-18H,11-12,15-16,19-21H2,1-6H3. The highest BCUT2D eigenvalue weighted by atomic mass is 28.4. The average molecular weight is 907 g/mol. The van der Waals surface area contributed by atoms with E-state index in [0.717, 1.165) is 71.7 Å². The van der Waals surface area contributed by atoms with E-state index in [4.69, 9.17) is 23.4 Å². The van der Waals surface area contributed by atoms with Gasteiger partial charge in [0.2, 0.25) is 0 Å². The van der Waals surface area contributed by atoms with Crippen LogP contribution in [0.3, 0.4) is 0 Å². The van der Waals surface area contributed by atoms with E-state index in [2.05, 4.69) is 130 Å². The maximum atomic E-state index is 11.6. The molecule has 0 amide bonds. The predicted molar refractivity (Wildman–Crippen MR) is 269 cm³/mol. The lowest BCUT2D eigenvalue weighted by atomic mass is 9.67. The van der Waals surface area contributed by atoms with E-state index < -0.39 is 21.8 Å². The number of carbonyl (C=O) groups is 2. The molecule has 0 heterocycles. The largest absolute Gasteiger partial charge is 0.496 e. The van der Waals surface area contributed by atoms with E-state index in [1.54, 1.807) is 14.2 Å². The summed E-state index contributed by atoms with van der Waals surface area (Å²) < 4.78 is 28.4. The van der Waals surface area contributed by atoms with E-state index in [1.807, 2.05) is 43.3 Å². The maximum absolute atomic E-state index is 11.6. The molecule has 0 radical (unpaired) electrons. The fourth-order valence-corrected chi connectivity index (χ4v) is 14.7. The lowest BCUT2D eigenvalue weighted by Crippen LogP contribution is -2.40. The summed E-state index contributed by atoms with van der Waals surface area (Å²) in [7, 11) is 0.304. The van der Waals surface area contributed by atoms with Crippen molar-refractivity contribution in [1.29, 1.82) is 0 Å². The van der Waals surface area contributed by atoms with E-state index in [0.29, 0.717) is 11.5 Å². The van der Waals surface area contributed by atoms with Crippen molar-refractivity contribution in [2.45, 2.75) is 97.1 Å². The van der Waals surface area contributed by atoms with Crippen molar-refractivity contribution < 1.29 is 33.0 Å². The van der Waals surface area contributed by atoms with Crippen LogP contribution in [0.2, 0.25) is 38.3 Å². The second-order valence-electron chi connectivity index (χ2n) is 18.5. The van der Waals surface area contributed by atoms with Gasteiger partial charge in [0.1, 0.15) is 23.0 Å². The van der Waals surface area contributed by atoms with Crippen LogP contribution in [0.15, 0.2) is 133 Å². The highest BCUT2D eigenvalue weighted by Gasteiger charge is 2.46. The molecule has 0 saturated carbocycles. The molecule has 7 rings (SSSR count). The molecular weight excluding hydrogens is 841 g/mol. The van der Waals surface area contributed by atoms with Crippen molar-refractivity contribution in [2.24, 2.45) is 0 Å². The summed E-state index contributed by atoms with van der Waals surface area (Å²) in [5, 5.41) is 0. The Hall–Kier alpha value is -5.75. The number of fused-ring (bicyclic) bond motifs is 3. The molecule has 1 aliphatic carbocycles. The summed E-state index contributed by atoms with van der Waals surface area (Å²) in [6, 6.07) is 48.4. The summed E-state index contributed by atoms with van der Waals surface area (Å²) in [4.78, 5) is 22.9. The molecule has 0 spiro atoms. The van der Waals surface area contributed by atoms with Gasteiger partial charge < -0.3 is 23.4 Å². The van der Waals surface area contributed by atoms with Crippen molar-refractivity contribution in [3.8, 4) is 34.1 Å². The molecule has 7 nitrogen and oxygen atoms in total. The van der Waals surface area contributed by atoms with Gasteiger partial charge in [-0.25, -0.2) is 0 Å². The normalized spacial score (nSPS) is 12.6. The molecule has 0 fully saturated rings. The first-order chi connectivity index (χ1) is 31.1. The van der Waals surface area contributed by atoms with E-state index in [-0.39, 0.29) is 11.9 Å². The van der Waals surface area contributed by atoms with Gasteiger partial charge in [0.25, 0.3) is 0 Å². The van der Waals surface area contributed by atoms with Crippen LogP contribution in [0.5, 0.6) is 23.0 Å². The summed E-state index contributed by atoms with van der Waals surface area (Å²) in [6.07, 6.45) is 5.11. The summed E-state index contributed by atoms with van der Waals surface area (Å²) in [6.45, 7) is 16.5. The monoisotopic (exact) mass is 906 g/mol. The molecule has 0 N–H and O–H groups in total. The first-order valence-electron chi connectivity index (χ1n) is 22.7. The van der Waals surface area contributed by atoms with Crippen molar-refractivity contribution in [3.05, 3.63) is 178 Å². The molecule has 0 atom stereocenters. The van der Waals surface area contributed by atoms with Crippen LogP contribution in [-0.4, -0.2) is 48.8 Å². The van der Waals surface area contributed by atoms with Crippen molar-refractivity contribution >= 4 is 28.3 Å². The third-order valence-corrected chi connectivity index (χ3v) is 17.8. The van der Waals surface area contributed by atoms with E-state index >= 15 is 0 Å². The maximum Gasteiger partial charge on any atom is 0.308 e. The van der Waals surface area contributed by atoms with Gasteiger partial charge in [-0.1, -0.05) is 135 Å². The first-order valence-corrected chi connectivity index (χ1v) is 29.3. The minimum atomic E-state index is -1.69. The second kappa shape index (κ2) is 21.5. The molecule has 0 unspecified atom stereocenters. The molecule has 0 saturated heterocycles. The third-order valence-electron chi connectivity index (χ3n) is 12.4. The van der Waals surface area contributed by atoms with E-state index in [9.17, 15) is 9.59 Å². The number of carbonyl (C=O) groups excluding carboxylic acids is 2. The van der Waals surface area contributed by atoms with Crippen LogP contribution >= 0.6 is 0 Å². The number of hydrogen-bond acceptors (Lipinski definition) is 7. The van der Waals surface area contributed by atoms with Crippen LogP contribution in [0.4, 0.5) is 0 Å². The van der Waals surface area contributed by atoms with Crippen LogP contribution < -0.4 is 18.9 Å². The zero-order valence-corrected chi connectivity index (χ0v) is 42.0. The topological polar surface area (TPSA) is 80.3 Å². The Bertz CT molecular complexity index is 2550. The number of ether oxygens (including phenoxy) is 4. The molecule has 65 heavy (non-hydrogen) atoms. The van der Waals surface area contributed by atoms with Crippen molar-refractivity contribution in [1.82, 2.24) is 0 Å². The number of para-hydroxylation sites is 2. The number of benzene rings is 6. The molecule has 0 bridgehead atoms. The van der Waals surface area contributed by atoms with Crippen LogP contribution in [0, 0.1) is 13.8 Å². The smallest absolute Gasteiger partial charge is 0.308 e. The first kappa shape index (κ1) is 48.7. The molecule has 0 aliphatic heterocycles. The Morgan fingerprint density at radius 3 is 1.49 bits per heavy atom. The van der Waals surface area contributed by atoms with E-state index in [1.165, 1.54) is 53.3 Å². The average Bonchev–Trinajstić information content (AvgIpc) is 3.58. The van der Waals surface area contributed by atoms with Crippen LogP contribution in [0.1, 0.15) is 71.2 Å². The predicted octanol–water partition coefficient (Wildman–Crippen LogP) is 13.3. The number of hydrogen-bond donors (Lipinski definition) is 0. The molecule has 0 aromatic heterocycles. The van der Waals surface area contributed by atoms with Gasteiger partial charge in [0.05, 0.1) is 27.7 Å². The van der Waals surface area contributed by atoms with Crippen LogP contribution in [0.25, 0.3) is 11.1 Å². The highest BCUT2D eigenvalue weighted by Crippen LogP contribution is 2.56. The van der Waals surface area contributed by atoms with Gasteiger partial charge in [0.15, 0.2) is 8.32 Å². The van der Waals surface area contributed by atoms with Crippen LogP contribution in [-0.2, 0) is 32.3 Å². The van der Waals surface area contributed by atoms with Crippen molar-refractivity contribution in [3.63, 3.8) is 0 Å². The fraction of sp³-hybridized carbons (Fsp3) is 0.321. The molecule has 1 aliphatic rings. The van der Waals surface area contributed by atoms with Gasteiger partial charge in [-0.05, 0) is 132 Å². The Morgan fingerprint density at radius 2 is 0.969 bits per heavy atom. The lowest BCUT2D eigenvalue weighted by Gasteiger charge is -2.34. The number of aryl methyl sites for hydroxylation is 4. The SMILES string of the molecule is COc1ccc(C2(c3ccc(OC(C)=O)c(C)c3)c3ccccc3-c3ccccc32)cc1C.COc1ccccc1CCC[Si](C)(C)OC[Si](C)(C)CCCc1ccccc1OC(C)=O. The minimum Gasteiger partial charge on any atom is -0.496 e. The zero-order valence-electron chi connectivity index (χ0n) is 40.0. The molecule has 6 aromatic carbocycles. The molecule has 9 heteroatoms. The third kappa shape index (κ3) is 11.8. The summed E-state index contributed by atoms with van der Waals surface area (Å²) in [5.41, 5.74) is 11.2. The Morgan fingerprint density at radius 1 is 0.523 bits per heavy atom. The summed E-state index contributed by atoms with van der Waals surface area (Å²) in [5.74, 6) is 2.55. The quantitative estimate of drug-likeness (QED) is 0.0511. The highest BCUT2D eigenvalue weighted by molar-refractivity contribution is 6.79. The van der Waals surface area contributed by atoms with Gasteiger partial charge in [0, 0.05) is 20.1 Å². The zero-order chi connectivity index (χ0) is 46.8. The number of esters is 2.